The fraction of sp³-hybridized carbons (Fsp3) is 0.414. The Balaban J connectivity index is 1.31. The van der Waals surface area contributed by atoms with Crippen LogP contribution in [0.15, 0.2) is 48.8 Å². The van der Waals surface area contributed by atoms with Crippen LogP contribution in [0.1, 0.15) is 57.1 Å². The SMILES string of the molecule is CC(C)(C)OC(=O)N1CCCN(c2ccc(-c3cc(C4CC4)cc(Nc4cc(C#N)ccn4)n3)cn2)CC1. The summed E-state index contributed by atoms with van der Waals surface area (Å²) in [6.45, 7) is 8.45. The molecule has 9 nitrogen and oxygen atoms in total. The van der Waals surface area contributed by atoms with Crippen molar-refractivity contribution >= 4 is 23.5 Å². The minimum absolute atomic E-state index is 0.261. The standard InChI is InChI=1S/C29H33N7O2/c1-29(2,3)38-28(37)36-12-4-11-35(13-14-36)27-8-7-22(19-32-27)24-16-23(21-5-6-21)17-26(33-24)34-25-15-20(18-30)9-10-31-25/h7-10,15-17,19,21H,4-6,11-14H2,1-3H3,(H,31,33,34). The van der Waals surface area contributed by atoms with E-state index in [0.29, 0.717) is 42.8 Å². The minimum Gasteiger partial charge on any atom is -0.444 e. The Morgan fingerprint density at radius 1 is 1.05 bits per heavy atom. The van der Waals surface area contributed by atoms with Crippen molar-refractivity contribution in [2.45, 2.75) is 51.6 Å². The number of rotatable bonds is 5. The Kier molecular flexibility index (Phi) is 7.14. The average molecular weight is 512 g/mol. The first kappa shape index (κ1) is 25.5. The van der Waals surface area contributed by atoms with Crippen LogP contribution in [0, 0.1) is 11.3 Å². The summed E-state index contributed by atoms with van der Waals surface area (Å²) in [5, 5.41) is 12.5. The van der Waals surface area contributed by atoms with E-state index in [1.807, 2.05) is 33.0 Å². The number of nitrogens with zero attached hydrogens (tertiary/aromatic N) is 6. The van der Waals surface area contributed by atoms with Crippen LogP contribution < -0.4 is 10.2 Å². The van der Waals surface area contributed by atoms with Crippen LogP contribution in [-0.4, -0.2) is 57.7 Å². The van der Waals surface area contributed by atoms with E-state index in [1.165, 1.54) is 18.4 Å². The van der Waals surface area contributed by atoms with Gasteiger partial charge in [-0.3, -0.25) is 0 Å². The number of hydrogen-bond donors (Lipinski definition) is 1. The zero-order valence-corrected chi connectivity index (χ0v) is 22.1. The lowest BCUT2D eigenvalue weighted by molar-refractivity contribution is 0.0263. The van der Waals surface area contributed by atoms with Crippen molar-refractivity contribution in [2.24, 2.45) is 0 Å². The van der Waals surface area contributed by atoms with Crippen molar-refractivity contribution in [3.05, 3.63) is 59.9 Å². The summed E-state index contributed by atoms with van der Waals surface area (Å²) in [5.41, 5.74) is 3.07. The maximum atomic E-state index is 12.5. The quantitative estimate of drug-likeness (QED) is 0.480. The van der Waals surface area contributed by atoms with Gasteiger partial charge in [0.25, 0.3) is 0 Å². The topological polar surface area (TPSA) is 107 Å². The Morgan fingerprint density at radius 2 is 1.89 bits per heavy atom. The first-order chi connectivity index (χ1) is 18.3. The smallest absolute Gasteiger partial charge is 0.410 e. The summed E-state index contributed by atoms with van der Waals surface area (Å²) in [6, 6.07) is 13.8. The second-order valence-corrected chi connectivity index (χ2v) is 10.8. The van der Waals surface area contributed by atoms with Gasteiger partial charge in [0.1, 0.15) is 23.1 Å². The number of carbonyl (C=O) groups excluding carboxylic acids is 1. The Hall–Kier alpha value is -4.19. The van der Waals surface area contributed by atoms with Gasteiger partial charge in [-0.1, -0.05) is 0 Å². The van der Waals surface area contributed by atoms with Crippen LogP contribution in [0.5, 0.6) is 0 Å². The Labute approximate surface area is 223 Å². The minimum atomic E-state index is -0.502. The number of carbonyl (C=O) groups is 1. The van der Waals surface area contributed by atoms with E-state index < -0.39 is 5.60 Å². The van der Waals surface area contributed by atoms with Crippen LogP contribution in [0.3, 0.4) is 0 Å². The molecule has 5 rings (SSSR count). The molecule has 1 saturated heterocycles. The van der Waals surface area contributed by atoms with Gasteiger partial charge in [0.05, 0.1) is 17.3 Å². The highest BCUT2D eigenvalue weighted by atomic mass is 16.6. The van der Waals surface area contributed by atoms with Gasteiger partial charge < -0.3 is 19.9 Å². The van der Waals surface area contributed by atoms with E-state index in [0.717, 1.165) is 30.0 Å². The summed E-state index contributed by atoms with van der Waals surface area (Å²) in [4.78, 5) is 30.4. The van der Waals surface area contributed by atoms with E-state index in [4.69, 9.17) is 14.7 Å². The molecular weight excluding hydrogens is 478 g/mol. The lowest BCUT2D eigenvalue weighted by atomic mass is 10.1. The molecule has 38 heavy (non-hydrogen) atoms. The van der Waals surface area contributed by atoms with Gasteiger partial charge in [0.15, 0.2) is 0 Å². The molecule has 0 radical (unpaired) electrons. The van der Waals surface area contributed by atoms with E-state index >= 15 is 0 Å². The van der Waals surface area contributed by atoms with Gasteiger partial charge in [0.2, 0.25) is 0 Å². The fourth-order valence-corrected chi connectivity index (χ4v) is 4.50. The van der Waals surface area contributed by atoms with E-state index in [9.17, 15) is 10.1 Å². The largest absolute Gasteiger partial charge is 0.444 e. The number of ether oxygens (including phenoxy) is 1. The molecule has 0 unspecified atom stereocenters. The molecule has 0 atom stereocenters. The van der Waals surface area contributed by atoms with Crippen LogP contribution >= 0.6 is 0 Å². The van der Waals surface area contributed by atoms with Crippen LogP contribution in [-0.2, 0) is 4.74 Å². The van der Waals surface area contributed by atoms with Crippen LogP contribution in [0.25, 0.3) is 11.3 Å². The highest BCUT2D eigenvalue weighted by molar-refractivity contribution is 5.68. The number of amides is 1. The summed E-state index contributed by atoms with van der Waals surface area (Å²) < 4.78 is 5.55. The molecule has 1 N–H and O–H groups in total. The number of aromatic nitrogens is 3. The van der Waals surface area contributed by atoms with Gasteiger partial charge in [-0.2, -0.15) is 5.26 Å². The monoisotopic (exact) mass is 511 g/mol. The van der Waals surface area contributed by atoms with Crippen molar-refractivity contribution in [1.82, 2.24) is 19.9 Å². The second kappa shape index (κ2) is 10.7. The number of hydrogen-bond acceptors (Lipinski definition) is 8. The first-order valence-electron chi connectivity index (χ1n) is 13.1. The average Bonchev–Trinajstić information content (AvgIpc) is 3.75. The molecule has 2 aliphatic rings. The molecule has 196 valence electrons. The molecule has 2 fully saturated rings. The van der Waals surface area contributed by atoms with Crippen molar-refractivity contribution < 1.29 is 9.53 Å². The zero-order valence-electron chi connectivity index (χ0n) is 22.1. The molecule has 1 aliphatic heterocycles. The molecule has 0 bridgehead atoms. The summed E-state index contributed by atoms with van der Waals surface area (Å²) in [7, 11) is 0. The van der Waals surface area contributed by atoms with Crippen molar-refractivity contribution in [3.8, 4) is 17.3 Å². The predicted molar refractivity (Wildman–Crippen MR) is 146 cm³/mol. The molecule has 1 saturated carbocycles. The highest BCUT2D eigenvalue weighted by Crippen LogP contribution is 2.42. The van der Waals surface area contributed by atoms with Crippen LogP contribution in [0.4, 0.5) is 22.2 Å². The molecule has 9 heteroatoms. The third kappa shape index (κ3) is 6.38. The molecule has 0 aromatic carbocycles. The Morgan fingerprint density at radius 3 is 2.61 bits per heavy atom. The third-order valence-electron chi connectivity index (χ3n) is 6.56. The number of pyridine rings is 3. The summed E-state index contributed by atoms with van der Waals surface area (Å²) in [5.74, 6) is 2.72. The molecule has 3 aromatic rings. The number of nitriles is 1. The van der Waals surface area contributed by atoms with Gasteiger partial charge >= 0.3 is 6.09 Å². The van der Waals surface area contributed by atoms with Gasteiger partial charge in [-0.25, -0.2) is 19.7 Å². The van der Waals surface area contributed by atoms with Crippen molar-refractivity contribution in [2.75, 3.05) is 36.4 Å². The normalized spacial score (nSPS) is 15.9. The zero-order chi connectivity index (χ0) is 26.7. The lowest BCUT2D eigenvalue weighted by Gasteiger charge is -2.26. The summed E-state index contributed by atoms with van der Waals surface area (Å²) in [6.07, 6.45) is 6.43. The molecule has 4 heterocycles. The van der Waals surface area contributed by atoms with Crippen molar-refractivity contribution in [1.29, 1.82) is 5.26 Å². The van der Waals surface area contributed by atoms with Crippen LogP contribution in [0.2, 0.25) is 0 Å². The number of anilines is 3. The Bertz CT molecular complexity index is 1340. The van der Waals surface area contributed by atoms with Gasteiger partial charge in [-0.15, -0.1) is 0 Å². The molecule has 1 amide bonds. The van der Waals surface area contributed by atoms with E-state index in [-0.39, 0.29) is 6.09 Å². The highest BCUT2D eigenvalue weighted by Gasteiger charge is 2.26. The molecular formula is C29H33N7O2. The lowest BCUT2D eigenvalue weighted by Crippen LogP contribution is -2.39. The second-order valence-electron chi connectivity index (χ2n) is 10.8. The third-order valence-corrected chi connectivity index (χ3v) is 6.56. The van der Waals surface area contributed by atoms with Crippen molar-refractivity contribution in [3.63, 3.8) is 0 Å². The predicted octanol–water partition coefficient (Wildman–Crippen LogP) is 5.48. The van der Waals surface area contributed by atoms with Gasteiger partial charge in [0, 0.05) is 44.1 Å². The fourth-order valence-electron chi connectivity index (χ4n) is 4.50. The molecule has 1 aliphatic carbocycles. The summed E-state index contributed by atoms with van der Waals surface area (Å²) >= 11 is 0. The number of nitrogens with one attached hydrogen (secondary N) is 1. The molecule has 0 spiro atoms. The maximum Gasteiger partial charge on any atom is 0.410 e. The first-order valence-corrected chi connectivity index (χ1v) is 13.1. The van der Waals surface area contributed by atoms with E-state index in [2.05, 4.69) is 39.5 Å². The van der Waals surface area contributed by atoms with Gasteiger partial charge in [-0.05, 0) is 87.9 Å². The van der Waals surface area contributed by atoms with E-state index in [1.54, 1.807) is 23.2 Å². The molecule has 3 aromatic heterocycles. The maximum absolute atomic E-state index is 12.5.